The van der Waals surface area contributed by atoms with Gasteiger partial charge in [-0.3, -0.25) is 0 Å². The van der Waals surface area contributed by atoms with Crippen LogP contribution in [0.2, 0.25) is 0 Å². The fourth-order valence-electron chi connectivity index (χ4n) is 1.01. The molecule has 0 saturated heterocycles. The van der Waals surface area contributed by atoms with E-state index in [-0.39, 0.29) is 6.10 Å². The highest BCUT2D eigenvalue weighted by molar-refractivity contribution is 5.38. The van der Waals surface area contributed by atoms with Gasteiger partial charge in [0.2, 0.25) is 0 Å². The molecular weight excluding hydrogens is 112 g/mol. The minimum Gasteiger partial charge on any atom is -0.359 e. The molecule has 9 heavy (non-hydrogen) atoms. The highest BCUT2D eigenvalue weighted by Gasteiger charge is 2.15. The molecule has 1 radical (unpaired) electrons. The minimum absolute atomic E-state index is 0.204. The van der Waals surface area contributed by atoms with E-state index in [0.717, 1.165) is 0 Å². The Hall–Kier alpha value is -0.820. The summed E-state index contributed by atoms with van der Waals surface area (Å²) >= 11 is 0. The van der Waals surface area contributed by atoms with E-state index in [0.29, 0.717) is 0 Å². The summed E-state index contributed by atoms with van der Waals surface area (Å²) in [4.78, 5) is 0. The van der Waals surface area contributed by atoms with E-state index < -0.39 is 0 Å². The van der Waals surface area contributed by atoms with Crippen molar-refractivity contribution in [1.82, 2.24) is 0 Å². The van der Waals surface area contributed by atoms with Crippen molar-refractivity contribution in [3.8, 4) is 0 Å². The van der Waals surface area contributed by atoms with Crippen LogP contribution in [0.25, 0.3) is 0 Å². The van der Waals surface area contributed by atoms with Crippen molar-refractivity contribution in [2.75, 3.05) is 0 Å². The molecule has 2 aliphatic rings. The lowest BCUT2D eigenvalue weighted by atomic mass is 10.1. The minimum atomic E-state index is 0.204. The van der Waals surface area contributed by atoms with Crippen LogP contribution in [0.3, 0.4) is 0 Å². The van der Waals surface area contributed by atoms with Crippen molar-refractivity contribution in [2.24, 2.45) is 0 Å². The smallest absolute Gasteiger partial charge is 0.107 e. The summed E-state index contributed by atoms with van der Waals surface area (Å²) in [6.45, 7) is 1.74. The maximum atomic E-state index is 5.20. The molecule has 1 nitrogen and oxygen atoms in total. The van der Waals surface area contributed by atoms with E-state index in [1.165, 1.54) is 5.57 Å². The van der Waals surface area contributed by atoms with Gasteiger partial charge >= 0.3 is 0 Å². The van der Waals surface area contributed by atoms with Gasteiger partial charge in [0, 0.05) is 0 Å². The molecular formula is C8H7O. The third-order valence-corrected chi connectivity index (χ3v) is 1.50. The summed E-state index contributed by atoms with van der Waals surface area (Å²) < 4.78 is 5.20. The third-order valence-electron chi connectivity index (χ3n) is 1.50. The average molecular weight is 119 g/mol. The summed E-state index contributed by atoms with van der Waals surface area (Å²) in [5.74, 6) is 0. The van der Waals surface area contributed by atoms with Gasteiger partial charge in [0.15, 0.2) is 0 Å². The summed E-state index contributed by atoms with van der Waals surface area (Å²) in [6.07, 6.45) is 10.3. The van der Waals surface area contributed by atoms with Gasteiger partial charge in [-0.15, -0.1) is 0 Å². The highest BCUT2D eigenvalue weighted by Crippen LogP contribution is 2.21. The van der Waals surface area contributed by atoms with Gasteiger partial charge in [0.25, 0.3) is 0 Å². The van der Waals surface area contributed by atoms with Crippen LogP contribution in [0.1, 0.15) is 0 Å². The van der Waals surface area contributed by atoms with Crippen LogP contribution in [0, 0.1) is 6.61 Å². The standard InChI is InChI=1S/C8H7O/c1-2-4-8-7(3-1)5-6-9-8/h1-6,8H. The quantitative estimate of drug-likeness (QED) is 0.470. The van der Waals surface area contributed by atoms with E-state index in [4.69, 9.17) is 4.74 Å². The maximum absolute atomic E-state index is 5.20. The fourth-order valence-corrected chi connectivity index (χ4v) is 1.01. The Labute approximate surface area is 54.3 Å². The lowest BCUT2D eigenvalue weighted by Gasteiger charge is -2.07. The number of rotatable bonds is 0. The molecule has 1 aliphatic heterocycles. The Morgan fingerprint density at radius 2 is 2.33 bits per heavy atom. The SMILES string of the molecule is [CH]1C=C2C=CC=CC2O1. The molecule has 1 heteroatoms. The van der Waals surface area contributed by atoms with Crippen molar-refractivity contribution in [2.45, 2.75) is 6.10 Å². The Kier molecular flexibility index (Phi) is 1.03. The molecule has 0 amide bonds. The molecule has 1 unspecified atom stereocenters. The van der Waals surface area contributed by atoms with E-state index in [1.807, 2.05) is 24.3 Å². The van der Waals surface area contributed by atoms with Crippen LogP contribution in [0.15, 0.2) is 36.0 Å². The van der Waals surface area contributed by atoms with Gasteiger partial charge in [0.1, 0.15) is 12.7 Å². The van der Waals surface area contributed by atoms with Gasteiger partial charge < -0.3 is 4.74 Å². The second kappa shape index (κ2) is 1.85. The van der Waals surface area contributed by atoms with Crippen molar-refractivity contribution in [3.05, 3.63) is 42.6 Å². The molecule has 1 aliphatic carbocycles. The van der Waals surface area contributed by atoms with Crippen LogP contribution in [0.4, 0.5) is 0 Å². The topological polar surface area (TPSA) is 9.23 Å². The van der Waals surface area contributed by atoms with Crippen LogP contribution in [-0.2, 0) is 4.74 Å². The largest absolute Gasteiger partial charge is 0.359 e. The Morgan fingerprint density at radius 3 is 3.22 bits per heavy atom. The van der Waals surface area contributed by atoms with Crippen molar-refractivity contribution >= 4 is 0 Å². The zero-order chi connectivity index (χ0) is 6.10. The van der Waals surface area contributed by atoms with Crippen molar-refractivity contribution in [3.63, 3.8) is 0 Å². The molecule has 0 N–H and O–H groups in total. The van der Waals surface area contributed by atoms with Gasteiger partial charge in [-0.25, -0.2) is 0 Å². The first-order valence-corrected chi connectivity index (χ1v) is 3.00. The Morgan fingerprint density at radius 1 is 1.33 bits per heavy atom. The number of ether oxygens (including phenoxy) is 1. The first-order chi connectivity index (χ1) is 4.47. The lowest BCUT2D eigenvalue weighted by molar-refractivity contribution is 0.207. The number of hydrogen-bond acceptors (Lipinski definition) is 1. The van der Waals surface area contributed by atoms with E-state index in [2.05, 4.69) is 6.08 Å². The van der Waals surface area contributed by atoms with Crippen LogP contribution in [-0.4, -0.2) is 6.10 Å². The first kappa shape index (κ1) is 5.00. The second-order valence-corrected chi connectivity index (χ2v) is 2.10. The van der Waals surface area contributed by atoms with Gasteiger partial charge in [-0.1, -0.05) is 24.3 Å². The number of hydrogen-bond donors (Lipinski definition) is 0. The van der Waals surface area contributed by atoms with Crippen molar-refractivity contribution < 1.29 is 4.74 Å². The van der Waals surface area contributed by atoms with E-state index in [9.17, 15) is 0 Å². The predicted molar refractivity (Wildman–Crippen MR) is 35.5 cm³/mol. The van der Waals surface area contributed by atoms with E-state index >= 15 is 0 Å². The van der Waals surface area contributed by atoms with Crippen LogP contribution < -0.4 is 0 Å². The monoisotopic (exact) mass is 119 g/mol. The number of allylic oxidation sites excluding steroid dienone is 2. The molecule has 0 saturated carbocycles. The zero-order valence-corrected chi connectivity index (χ0v) is 4.95. The van der Waals surface area contributed by atoms with Gasteiger partial charge in [0.05, 0.1) is 0 Å². The summed E-state index contributed by atoms with van der Waals surface area (Å²) in [6, 6.07) is 0. The normalized spacial score (nSPS) is 30.2. The molecule has 1 atom stereocenters. The second-order valence-electron chi connectivity index (χ2n) is 2.10. The maximum Gasteiger partial charge on any atom is 0.107 e. The molecule has 45 valence electrons. The third kappa shape index (κ3) is 0.736. The Balaban J connectivity index is 2.33. The molecule has 0 aromatic carbocycles. The highest BCUT2D eigenvalue weighted by atomic mass is 16.5. The molecule has 0 bridgehead atoms. The number of fused-ring (bicyclic) bond motifs is 1. The Bertz CT molecular complexity index is 196. The van der Waals surface area contributed by atoms with Crippen LogP contribution >= 0.6 is 0 Å². The van der Waals surface area contributed by atoms with E-state index in [1.54, 1.807) is 6.61 Å². The van der Waals surface area contributed by atoms with Gasteiger partial charge in [-0.05, 0) is 11.6 Å². The predicted octanol–water partition coefficient (Wildman–Crippen LogP) is 1.60. The molecule has 0 spiro atoms. The first-order valence-electron chi connectivity index (χ1n) is 3.00. The molecule has 1 heterocycles. The molecule has 0 fully saturated rings. The lowest BCUT2D eigenvalue weighted by Crippen LogP contribution is -2.04. The molecule has 0 aromatic heterocycles. The fraction of sp³-hybridized carbons (Fsp3) is 0.125. The average Bonchev–Trinajstić information content (AvgIpc) is 2.33. The van der Waals surface area contributed by atoms with Gasteiger partial charge in [-0.2, -0.15) is 0 Å². The molecule has 0 aromatic rings. The summed E-state index contributed by atoms with van der Waals surface area (Å²) in [5, 5.41) is 0. The summed E-state index contributed by atoms with van der Waals surface area (Å²) in [5.41, 5.74) is 1.25. The zero-order valence-electron chi connectivity index (χ0n) is 4.95. The molecule has 2 rings (SSSR count). The van der Waals surface area contributed by atoms with Crippen molar-refractivity contribution in [1.29, 1.82) is 0 Å². The van der Waals surface area contributed by atoms with Crippen LogP contribution in [0.5, 0.6) is 0 Å². The summed E-state index contributed by atoms with van der Waals surface area (Å²) in [7, 11) is 0.